The van der Waals surface area contributed by atoms with E-state index in [1.807, 2.05) is 0 Å². The van der Waals surface area contributed by atoms with Crippen LogP contribution in [0.3, 0.4) is 0 Å². The Labute approximate surface area is 117 Å². The normalized spacial score (nSPS) is 10.6. The summed E-state index contributed by atoms with van der Waals surface area (Å²) in [4.78, 5) is 20.8. The Kier molecular flexibility index (Phi) is 5.12. The van der Waals surface area contributed by atoms with E-state index in [2.05, 4.69) is 16.6 Å². The highest BCUT2D eigenvalue weighted by Crippen LogP contribution is 2.36. The van der Waals surface area contributed by atoms with Crippen molar-refractivity contribution in [3.8, 4) is 12.3 Å². The van der Waals surface area contributed by atoms with Gasteiger partial charge in [-0.25, -0.2) is 0 Å². The Morgan fingerprint density at radius 3 is 2.62 bits per heavy atom. The highest BCUT2D eigenvalue weighted by atomic mass is 19.4. The SMILES string of the molecule is C#CCNC(=O)CNc1ccc([N+](=O)[O-])cc1C(F)(F)F. The molecule has 0 unspecified atom stereocenters. The average molecular weight is 301 g/mol. The lowest BCUT2D eigenvalue weighted by molar-refractivity contribution is -0.385. The summed E-state index contributed by atoms with van der Waals surface area (Å²) in [5.41, 5.74) is -2.34. The van der Waals surface area contributed by atoms with Crippen molar-refractivity contribution in [3.63, 3.8) is 0 Å². The van der Waals surface area contributed by atoms with E-state index in [0.717, 1.165) is 12.1 Å². The third kappa shape index (κ3) is 4.68. The number of carbonyl (C=O) groups is 1. The minimum absolute atomic E-state index is 0.0487. The number of rotatable bonds is 5. The first-order valence-corrected chi connectivity index (χ1v) is 5.55. The molecule has 1 amide bonds. The van der Waals surface area contributed by atoms with Crippen molar-refractivity contribution < 1.29 is 22.9 Å². The second-order valence-electron chi connectivity index (χ2n) is 3.82. The van der Waals surface area contributed by atoms with E-state index < -0.39 is 40.5 Å². The van der Waals surface area contributed by atoms with Crippen LogP contribution >= 0.6 is 0 Å². The van der Waals surface area contributed by atoms with Crippen LogP contribution in [-0.4, -0.2) is 23.9 Å². The van der Waals surface area contributed by atoms with Gasteiger partial charge < -0.3 is 10.6 Å². The van der Waals surface area contributed by atoms with Gasteiger partial charge >= 0.3 is 6.18 Å². The molecule has 0 aliphatic heterocycles. The van der Waals surface area contributed by atoms with E-state index in [0.29, 0.717) is 6.07 Å². The van der Waals surface area contributed by atoms with Crippen LogP contribution in [0.5, 0.6) is 0 Å². The number of amides is 1. The Hall–Kier alpha value is -2.76. The van der Waals surface area contributed by atoms with E-state index >= 15 is 0 Å². The molecule has 0 radical (unpaired) electrons. The fraction of sp³-hybridized carbons (Fsp3) is 0.250. The summed E-state index contributed by atoms with van der Waals surface area (Å²) in [5, 5.41) is 15.0. The predicted octanol–water partition coefficient (Wildman–Crippen LogP) is 1.77. The van der Waals surface area contributed by atoms with Crippen molar-refractivity contribution in [2.24, 2.45) is 0 Å². The van der Waals surface area contributed by atoms with Gasteiger partial charge in [0.2, 0.25) is 5.91 Å². The maximum atomic E-state index is 12.8. The molecule has 1 aromatic rings. The van der Waals surface area contributed by atoms with Crippen LogP contribution in [0, 0.1) is 22.5 Å². The lowest BCUT2D eigenvalue weighted by Crippen LogP contribution is -2.30. The number of nitrogens with zero attached hydrogens (tertiary/aromatic N) is 1. The largest absolute Gasteiger partial charge is 0.418 e. The first-order valence-electron chi connectivity index (χ1n) is 5.55. The highest BCUT2D eigenvalue weighted by molar-refractivity contribution is 5.81. The summed E-state index contributed by atoms with van der Waals surface area (Å²) >= 11 is 0. The van der Waals surface area contributed by atoms with E-state index in [1.165, 1.54) is 0 Å². The number of hydrogen-bond acceptors (Lipinski definition) is 4. The van der Waals surface area contributed by atoms with Crippen LogP contribution in [-0.2, 0) is 11.0 Å². The molecule has 1 rings (SSSR count). The first kappa shape index (κ1) is 16.3. The number of carbonyl (C=O) groups excluding carboxylic acids is 1. The van der Waals surface area contributed by atoms with Crippen LogP contribution in [0.4, 0.5) is 24.5 Å². The molecule has 0 fully saturated rings. The lowest BCUT2D eigenvalue weighted by atomic mass is 10.1. The van der Waals surface area contributed by atoms with E-state index in [1.54, 1.807) is 0 Å². The minimum Gasteiger partial charge on any atom is -0.376 e. The van der Waals surface area contributed by atoms with Gasteiger partial charge in [-0.3, -0.25) is 14.9 Å². The van der Waals surface area contributed by atoms with Crippen molar-refractivity contribution in [3.05, 3.63) is 33.9 Å². The molecule has 1 aromatic carbocycles. The van der Waals surface area contributed by atoms with Crippen molar-refractivity contribution in [2.75, 3.05) is 18.4 Å². The molecule has 112 valence electrons. The van der Waals surface area contributed by atoms with Crippen LogP contribution in [0.1, 0.15) is 5.56 Å². The number of benzene rings is 1. The summed E-state index contributed by atoms with van der Waals surface area (Å²) in [5.74, 6) is 1.54. The molecule has 2 N–H and O–H groups in total. The van der Waals surface area contributed by atoms with Gasteiger partial charge in [0.05, 0.1) is 23.6 Å². The molecular weight excluding hydrogens is 291 g/mol. The Balaban J connectivity index is 2.94. The van der Waals surface area contributed by atoms with Crippen molar-refractivity contribution in [2.45, 2.75) is 6.18 Å². The smallest absolute Gasteiger partial charge is 0.376 e. The number of nitrogens with one attached hydrogen (secondary N) is 2. The fourth-order valence-electron chi connectivity index (χ4n) is 1.42. The monoisotopic (exact) mass is 301 g/mol. The quantitative estimate of drug-likeness (QED) is 0.493. The van der Waals surface area contributed by atoms with Crippen LogP contribution in [0.25, 0.3) is 0 Å². The molecule has 0 aromatic heterocycles. The zero-order valence-electron chi connectivity index (χ0n) is 10.5. The number of non-ortho nitro benzene ring substituents is 1. The molecule has 21 heavy (non-hydrogen) atoms. The summed E-state index contributed by atoms with van der Waals surface area (Å²) in [6.45, 7) is -0.491. The van der Waals surface area contributed by atoms with Gasteiger partial charge in [0.1, 0.15) is 0 Å². The molecule has 0 bridgehead atoms. The third-order valence-corrected chi connectivity index (χ3v) is 2.35. The van der Waals surface area contributed by atoms with Crippen molar-refractivity contribution in [1.29, 1.82) is 0 Å². The van der Waals surface area contributed by atoms with Crippen LogP contribution in [0.2, 0.25) is 0 Å². The van der Waals surface area contributed by atoms with Gasteiger partial charge in [-0.1, -0.05) is 5.92 Å². The average Bonchev–Trinajstić information content (AvgIpc) is 2.41. The Bertz CT molecular complexity index is 594. The number of alkyl halides is 3. The molecule has 0 aliphatic rings. The minimum atomic E-state index is -4.79. The van der Waals surface area contributed by atoms with Gasteiger partial charge in [0.15, 0.2) is 0 Å². The maximum Gasteiger partial charge on any atom is 0.418 e. The number of nitro benzene ring substituents is 1. The van der Waals surface area contributed by atoms with Gasteiger partial charge in [0.25, 0.3) is 5.69 Å². The maximum absolute atomic E-state index is 12.8. The molecule has 0 saturated heterocycles. The second kappa shape index (κ2) is 6.60. The Morgan fingerprint density at radius 1 is 1.43 bits per heavy atom. The molecule has 6 nitrogen and oxygen atoms in total. The number of nitro groups is 1. The predicted molar refractivity (Wildman–Crippen MR) is 68.4 cm³/mol. The zero-order valence-corrected chi connectivity index (χ0v) is 10.5. The zero-order chi connectivity index (χ0) is 16.0. The van der Waals surface area contributed by atoms with Crippen molar-refractivity contribution >= 4 is 17.3 Å². The standard InChI is InChI=1S/C12H10F3N3O3/c1-2-5-16-11(19)7-17-10-4-3-8(18(20)21)6-9(10)12(13,14)15/h1,3-4,6,17H,5,7H2,(H,16,19). The number of terminal acetylenes is 1. The van der Waals surface area contributed by atoms with E-state index in [9.17, 15) is 28.1 Å². The molecule has 0 spiro atoms. The van der Waals surface area contributed by atoms with Gasteiger partial charge in [0, 0.05) is 17.8 Å². The second-order valence-corrected chi connectivity index (χ2v) is 3.82. The summed E-state index contributed by atoms with van der Waals surface area (Å²) in [6.07, 6.45) is 0.124. The third-order valence-electron chi connectivity index (χ3n) is 2.35. The summed E-state index contributed by atoms with van der Waals surface area (Å²) in [6, 6.07) is 2.22. The van der Waals surface area contributed by atoms with Gasteiger partial charge in [-0.05, 0) is 6.07 Å². The summed E-state index contributed by atoms with van der Waals surface area (Å²) in [7, 11) is 0. The molecule has 0 saturated carbocycles. The highest BCUT2D eigenvalue weighted by Gasteiger charge is 2.35. The topological polar surface area (TPSA) is 84.3 Å². The molecule has 0 aliphatic carbocycles. The molecule has 0 atom stereocenters. The number of halogens is 3. The van der Waals surface area contributed by atoms with Gasteiger partial charge in [-0.2, -0.15) is 13.2 Å². The number of anilines is 1. The van der Waals surface area contributed by atoms with Crippen molar-refractivity contribution in [1.82, 2.24) is 5.32 Å². The molecule has 9 heteroatoms. The van der Waals surface area contributed by atoms with Crippen LogP contribution < -0.4 is 10.6 Å². The van der Waals surface area contributed by atoms with E-state index in [-0.39, 0.29) is 6.54 Å². The first-order chi connectivity index (χ1) is 9.75. The Morgan fingerprint density at radius 2 is 2.10 bits per heavy atom. The number of hydrogen-bond donors (Lipinski definition) is 2. The van der Waals surface area contributed by atoms with E-state index in [4.69, 9.17) is 6.42 Å². The molecule has 0 heterocycles. The van der Waals surface area contributed by atoms with Gasteiger partial charge in [-0.15, -0.1) is 6.42 Å². The lowest BCUT2D eigenvalue weighted by Gasteiger charge is -2.14. The summed E-state index contributed by atoms with van der Waals surface area (Å²) < 4.78 is 38.5. The fourth-order valence-corrected chi connectivity index (χ4v) is 1.42. The van der Waals surface area contributed by atoms with Crippen LogP contribution in [0.15, 0.2) is 18.2 Å². The molecular formula is C12H10F3N3O3.